The van der Waals surface area contributed by atoms with Gasteiger partial charge in [0, 0.05) is 12.5 Å². The van der Waals surface area contributed by atoms with Crippen LogP contribution in [0.1, 0.15) is 99.3 Å². The molecule has 0 radical (unpaired) electrons. The van der Waals surface area contributed by atoms with E-state index in [-0.39, 0.29) is 0 Å². The molecule has 0 aromatic rings. The number of methoxy groups -OCH3 is 1. The molecule has 0 bridgehead atoms. The van der Waals surface area contributed by atoms with Gasteiger partial charge in [-0.2, -0.15) is 0 Å². The summed E-state index contributed by atoms with van der Waals surface area (Å²) in [7, 11) is 2.03. The number of allylic oxidation sites excluding steroid dienone is 2. The zero-order chi connectivity index (χ0) is 22.2. The zero-order valence-electron chi connectivity index (χ0n) is 21.6. The fourth-order valence-electron chi connectivity index (χ4n) is 10.8. The lowest BCUT2D eigenvalue weighted by atomic mass is 9.45. The van der Waals surface area contributed by atoms with E-state index in [1.807, 2.05) is 7.11 Å². The molecule has 1 unspecified atom stereocenters. The first-order chi connectivity index (χ1) is 14.7. The molecule has 0 heterocycles. The van der Waals surface area contributed by atoms with Crippen molar-refractivity contribution < 1.29 is 4.74 Å². The average Bonchev–Trinajstić information content (AvgIpc) is 3.24. The minimum Gasteiger partial charge on any atom is -0.381 e. The van der Waals surface area contributed by atoms with Crippen molar-refractivity contribution in [2.24, 2.45) is 63.6 Å². The van der Waals surface area contributed by atoms with Crippen LogP contribution in [-0.4, -0.2) is 13.2 Å². The molecule has 0 N–H and O–H groups in total. The highest BCUT2D eigenvalue weighted by Gasteiger charge is 2.77. The Morgan fingerprint density at radius 1 is 0.968 bits per heavy atom. The summed E-state index contributed by atoms with van der Waals surface area (Å²) in [6.07, 6.45) is 18.7. The molecule has 5 aliphatic rings. The number of rotatable bonds is 6. The number of hydrogen-bond donors (Lipinski definition) is 0. The van der Waals surface area contributed by atoms with E-state index >= 15 is 0 Å². The maximum atomic E-state index is 6.31. The zero-order valence-corrected chi connectivity index (χ0v) is 21.6. The minimum atomic E-state index is 0.543. The van der Waals surface area contributed by atoms with E-state index in [9.17, 15) is 0 Å². The van der Waals surface area contributed by atoms with Gasteiger partial charge in [0.25, 0.3) is 0 Å². The monoisotopic (exact) mass is 426 g/mol. The summed E-state index contributed by atoms with van der Waals surface area (Å²) in [5.41, 5.74) is 1.68. The molecule has 0 aliphatic heterocycles. The van der Waals surface area contributed by atoms with Gasteiger partial charge in [0.2, 0.25) is 0 Å². The first-order valence-electron chi connectivity index (χ1n) is 13.9. The SMILES string of the molecule is CCC(/C=C/[C@@H](C)[C@H]1CC[C@H]2[C@@H]3C[C@@H](OC)[C@]45C[C@H]4CC[C@]5(C)[C@H]3CC[C@]12C)C(C)C. The Morgan fingerprint density at radius 3 is 2.39 bits per heavy atom. The summed E-state index contributed by atoms with van der Waals surface area (Å²) < 4.78 is 6.31. The standard InChI is InChI=1S/C30H50O/c1-8-21(19(2)3)10-9-20(4)24-11-12-25-23-17-27(31-7)30-18-22(30)13-16-29(30,6)26(23)14-15-28(24,25)5/h9-10,19-27H,8,11-18H2,1-7H3/b10-9+/t20-,21?,22-,23+,24-,25+,26+,27-,28-,29-,30+/m1/s1. The quantitative estimate of drug-likeness (QED) is 0.389. The summed E-state index contributed by atoms with van der Waals surface area (Å²) in [5, 5.41) is 0. The van der Waals surface area contributed by atoms with Gasteiger partial charge in [-0.15, -0.1) is 0 Å². The molecule has 1 heteroatoms. The molecule has 1 nitrogen and oxygen atoms in total. The van der Waals surface area contributed by atoms with E-state index in [4.69, 9.17) is 4.74 Å². The van der Waals surface area contributed by atoms with Crippen LogP contribution in [0, 0.1) is 63.6 Å². The first-order valence-corrected chi connectivity index (χ1v) is 13.9. The van der Waals surface area contributed by atoms with E-state index in [2.05, 4.69) is 53.7 Å². The van der Waals surface area contributed by atoms with Crippen LogP contribution < -0.4 is 0 Å². The average molecular weight is 427 g/mol. The second-order valence-electron chi connectivity index (χ2n) is 13.5. The lowest BCUT2D eigenvalue weighted by molar-refractivity contribution is -0.160. The largest absolute Gasteiger partial charge is 0.381 e. The Kier molecular flexibility index (Phi) is 5.52. The third-order valence-electron chi connectivity index (χ3n) is 12.5. The van der Waals surface area contributed by atoms with Gasteiger partial charge in [-0.3, -0.25) is 0 Å². The van der Waals surface area contributed by atoms with Gasteiger partial charge in [-0.25, -0.2) is 0 Å². The molecule has 0 amide bonds. The summed E-state index contributed by atoms with van der Waals surface area (Å²) in [5.74, 6) is 6.92. The van der Waals surface area contributed by atoms with Gasteiger partial charge in [0.1, 0.15) is 0 Å². The molecule has 11 atom stereocenters. The van der Waals surface area contributed by atoms with E-state index < -0.39 is 0 Å². The van der Waals surface area contributed by atoms with Gasteiger partial charge < -0.3 is 4.74 Å². The van der Waals surface area contributed by atoms with Crippen LogP contribution in [0.3, 0.4) is 0 Å². The maximum Gasteiger partial charge on any atom is 0.0638 e. The van der Waals surface area contributed by atoms with Crippen LogP contribution in [0.25, 0.3) is 0 Å². The van der Waals surface area contributed by atoms with Gasteiger partial charge in [-0.1, -0.05) is 53.7 Å². The number of ether oxygens (including phenoxy) is 1. The Hall–Kier alpha value is -0.300. The molecular weight excluding hydrogens is 376 g/mol. The minimum absolute atomic E-state index is 0.543. The molecule has 0 saturated heterocycles. The van der Waals surface area contributed by atoms with Crippen LogP contribution in [0.4, 0.5) is 0 Å². The summed E-state index contributed by atoms with van der Waals surface area (Å²) in [6.45, 7) is 15.1. The number of fused-ring (bicyclic) bond motifs is 4. The predicted octanol–water partition coefficient (Wildman–Crippen LogP) is 8.14. The molecule has 0 aromatic heterocycles. The molecule has 31 heavy (non-hydrogen) atoms. The van der Waals surface area contributed by atoms with Gasteiger partial charge >= 0.3 is 0 Å². The molecule has 0 aromatic carbocycles. The Bertz CT molecular complexity index is 709. The van der Waals surface area contributed by atoms with Crippen LogP contribution in [0.5, 0.6) is 0 Å². The van der Waals surface area contributed by atoms with Crippen molar-refractivity contribution in [3.8, 4) is 0 Å². The molecule has 5 saturated carbocycles. The molecule has 5 rings (SSSR count). The fraction of sp³-hybridized carbons (Fsp3) is 0.933. The first kappa shape index (κ1) is 22.5. The van der Waals surface area contributed by atoms with Crippen molar-refractivity contribution >= 4 is 0 Å². The Morgan fingerprint density at radius 2 is 1.74 bits per heavy atom. The van der Waals surface area contributed by atoms with Crippen molar-refractivity contribution in [2.45, 2.75) is 105 Å². The van der Waals surface area contributed by atoms with E-state index in [0.717, 1.165) is 47.3 Å². The highest BCUT2D eigenvalue weighted by atomic mass is 16.5. The molecule has 5 aliphatic carbocycles. The molecule has 1 spiro atoms. The van der Waals surface area contributed by atoms with E-state index in [1.54, 1.807) is 0 Å². The molecular formula is C30H50O. The third-order valence-corrected chi connectivity index (χ3v) is 12.5. The van der Waals surface area contributed by atoms with Crippen LogP contribution >= 0.6 is 0 Å². The van der Waals surface area contributed by atoms with Gasteiger partial charge in [0.15, 0.2) is 0 Å². The highest BCUT2D eigenvalue weighted by Crippen LogP contribution is 2.82. The van der Waals surface area contributed by atoms with Crippen molar-refractivity contribution in [3.63, 3.8) is 0 Å². The smallest absolute Gasteiger partial charge is 0.0638 e. The van der Waals surface area contributed by atoms with Crippen LogP contribution in [0.2, 0.25) is 0 Å². The van der Waals surface area contributed by atoms with Crippen molar-refractivity contribution in [1.29, 1.82) is 0 Å². The van der Waals surface area contributed by atoms with Gasteiger partial charge in [0.05, 0.1) is 6.10 Å². The highest BCUT2D eigenvalue weighted by molar-refractivity contribution is 5.26. The number of hydrogen-bond acceptors (Lipinski definition) is 1. The topological polar surface area (TPSA) is 9.23 Å². The van der Waals surface area contributed by atoms with E-state index in [1.165, 1.54) is 57.8 Å². The third kappa shape index (κ3) is 2.96. The summed E-state index contributed by atoms with van der Waals surface area (Å²) in [4.78, 5) is 0. The molecule has 176 valence electrons. The maximum absolute atomic E-state index is 6.31. The van der Waals surface area contributed by atoms with E-state index in [0.29, 0.717) is 22.3 Å². The fourth-order valence-corrected chi connectivity index (χ4v) is 10.8. The summed E-state index contributed by atoms with van der Waals surface area (Å²) in [6, 6.07) is 0. The van der Waals surface area contributed by atoms with Gasteiger partial charge in [-0.05, 0) is 116 Å². The second kappa shape index (κ2) is 7.61. The normalized spacial score (nSPS) is 52.5. The summed E-state index contributed by atoms with van der Waals surface area (Å²) >= 11 is 0. The Labute approximate surface area is 193 Å². The van der Waals surface area contributed by atoms with Crippen LogP contribution in [-0.2, 0) is 4.74 Å². The molecule has 5 fully saturated rings. The predicted molar refractivity (Wildman–Crippen MR) is 131 cm³/mol. The Balaban J connectivity index is 1.37. The lowest BCUT2D eigenvalue weighted by Crippen LogP contribution is -2.57. The van der Waals surface area contributed by atoms with Crippen molar-refractivity contribution in [2.75, 3.05) is 7.11 Å². The second-order valence-corrected chi connectivity index (χ2v) is 13.5. The lowest BCUT2D eigenvalue weighted by Gasteiger charge is -2.61. The van der Waals surface area contributed by atoms with Crippen molar-refractivity contribution in [1.82, 2.24) is 0 Å². The van der Waals surface area contributed by atoms with Crippen LogP contribution in [0.15, 0.2) is 12.2 Å². The van der Waals surface area contributed by atoms with Crippen molar-refractivity contribution in [3.05, 3.63) is 12.2 Å².